The summed E-state index contributed by atoms with van der Waals surface area (Å²) in [4.78, 5) is 32.9. The largest absolute Gasteiger partial charge is 0.356 e. The van der Waals surface area contributed by atoms with E-state index in [1.165, 1.54) is 25.9 Å². The summed E-state index contributed by atoms with van der Waals surface area (Å²) in [5.41, 5.74) is 4.15. The molecule has 4 aliphatic rings. The molecule has 202 valence electrons. The topological polar surface area (TPSA) is 80.3 Å². The van der Waals surface area contributed by atoms with Crippen molar-refractivity contribution in [1.29, 1.82) is 0 Å². The van der Waals surface area contributed by atoms with Gasteiger partial charge in [0.2, 0.25) is 11.8 Å². The summed E-state index contributed by atoms with van der Waals surface area (Å²) in [6, 6.07) is 7.83. The molecular formula is C28H41ClN6O2. The second kappa shape index (κ2) is 12.0. The van der Waals surface area contributed by atoms with Gasteiger partial charge >= 0.3 is 0 Å². The first kappa shape index (κ1) is 26.3. The number of hydrogen-bond acceptors (Lipinski definition) is 6. The number of fused-ring (bicyclic) bond motifs is 3. The average Bonchev–Trinajstić information content (AvgIpc) is 3.34. The fraction of sp³-hybridized carbons (Fsp3) is 0.679. The maximum atomic E-state index is 13.6. The number of amidine groups is 1. The van der Waals surface area contributed by atoms with E-state index in [0.29, 0.717) is 31.0 Å². The maximum Gasteiger partial charge on any atom is 0.231 e. The van der Waals surface area contributed by atoms with Gasteiger partial charge in [-0.05, 0) is 69.3 Å². The quantitative estimate of drug-likeness (QED) is 0.477. The summed E-state index contributed by atoms with van der Waals surface area (Å²) >= 11 is 6.44. The Morgan fingerprint density at radius 3 is 2.76 bits per heavy atom. The normalized spacial score (nSPS) is 26.4. The molecule has 3 unspecified atom stereocenters. The van der Waals surface area contributed by atoms with Crippen LogP contribution in [0, 0.1) is 11.8 Å². The minimum Gasteiger partial charge on any atom is -0.356 e. The number of carbonyl (C=O) groups excluding carboxylic acids is 2. The van der Waals surface area contributed by atoms with E-state index >= 15 is 0 Å². The molecule has 3 aliphatic heterocycles. The van der Waals surface area contributed by atoms with Gasteiger partial charge in [-0.3, -0.25) is 19.9 Å². The maximum absolute atomic E-state index is 13.6. The number of nitrogens with one attached hydrogen (secondary N) is 2. The summed E-state index contributed by atoms with van der Waals surface area (Å²) in [6.45, 7) is 6.89. The monoisotopic (exact) mass is 528 g/mol. The zero-order valence-corrected chi connectivity index (χ0v) is 22.8. The smallest absolute Gasteiger partial charge is 0.231 e. The Balaban J connectivity index is 1.15. The predicted molar refractivity (Wildman–Crippen MR) is 146 cm³/mol. The van der Waals surface area contributed by atoms with Crippen LogP contribution < -0.4 is 10.7 Å². The number of rotatable bonds is 9. The molecule has 2 saturated heterocycles. The van der Waals surface area contributed by atoms with E-state index in [-0.39, 0.29) is 30.1 Å². The molecule has 5 rings (SSSR count). The molecule has 8 nitrogen and oxygen atoms in total. The molecule has 3 heterocycles. The Labute approximate surface area is 225 Å². The third kappa shape index (κ3) is 6.06. The van der Waals surface area contributed by atoms with E-state index in [4.69, 9.17) is 11.6 Å². The van der Waals surface area contributed by atoms with E-state index in [1.54, 1.807) is 0 Å². The summed E-state index contributed by atoms with van der Waals surface area (Å²) in [6.07, 6.45) is 8.26. The summed E-state index contributed by atoms with van der Waals surface area (Å²) in [7, 11) is 0. The number of carbonyl (C=O) groups is 2. The second-order valence-corrected chi connectivity index (χ2v) is 11.6. The minimum absolute atomic E-state index is 0.0378. The minimum atomic E-state index is -0.326. The van der Waals surface area contributed by atoms with E-state index < -0.39 is 0 Å². The van der Waals surface area contributed by atoms with Crippen molar-refractivity contribution in [3.63, 3.8) is 0 Å². The van der Waals surface area contributed by atoms with Crippen LogP contribution in [0.5, 0.6) is 0 Å². The summed E-state index contributed by atoms with van der Waals surface area (Å²) in [5, 5.41) is 8.40. The molecule has 0 spiro atoms. The summed E-state index contributed by atoms with van der Waals surface area (Å²) < 4.78 is 0. The Kier molecular flexibility index (Phi) is 8.55. The lowest BCUT2D eigenvalue weighted by Crippen LogP contribution is -2.67. The number of benzene rings is 1. The van der Waals surface area contributed by atoms with Crippen molar-refractivity contribution in [2.24, 2.45) is 16.9 Å². The van der Waals surface area contributed by atoms with Gasteiger partial charge in [-0.15, -0.1) is 0 Å². The van der Waals surface area contributed by atoms with Gasteiger partial charge in [-0.2, -0.15) is 5.10 Å². The predicted octanol–water partition coefficient (Wildman–Crippen LogP) is 3.76. The lowest BCUT2D eigenvalue weighted by atomic mass is 9.80. The highest BCUT2D eigenvalue weighted by atomic mass is 35.5. The fourth-order valence-electron chi connectivity index (χ4n) is 6.34. The Morgan fingerprint density at radius 1 is 1.16 bits per heavy atom. The highest BCUT2D eigenvalue weighted by Crippen LogP contribution is 2.38. The van der Waals surface area contributed by atoms with Crippen LogP contribution in [0.15, 0.2) is 29.4 Å². The Morgan fingerprint density at radius 2 is 1.95 bits per heavy atom. The van der Waals surface area contributed by atoms with Gasteiger partial charge in [0.05, 0.1) is 12.5 Å². The van der Waals surface area contributed by atoms with Crippen molar-refractivity contribution in [3.05, 3.63) is 34.9 Å². The van der Waals surface area contributed by atoms with Crippen molar-refractivity contribution >= 4 is 29.3 Å². The second-order valence-electron chi connectivity index (χ2n) is 11.2. The van der Waals surface area contributed by atoms with Crippen molar-refractivity contribution in [2.45, 2.75) is 83.6 Å². The standard InChI is InChI=1S/C28H41ClN6O2/c1-20-13-17-33(18-14-20)16-6-15-30-26(36)12-11-25-31-32-28-34(19-21-7-2-4-9-23(21)29)27(37)22-8-3-5-10-24(22)35(25)28/h2,4,7,9,20,22,24,28,32H,3,5-6,8,10-19H2,1H3,(H,30,36). The van der Waals surface area contributed by atoms with Crippen molar-refractivity contribution in [2.75, 3.05) is 26.2 Å². The molecule has 2 N–H and O–H groups in total. The molecule has 1 aromatic rings. The molecule has 37 heavy (non-hydrogen) atoms. The third-order valence-electron chi connectivity index (χ3n) is 8.58. The van der Waals surface area contributed by atoms with Crippen LogP contribution in [0.3, 0.4) is 0 Å². The molecule has 1 saturated carbocycles. The zero-order valence-electron chi connectivity index (χ0n) is 22.0. The van der Waals surface area contributed by atoms with Gasteiger partial charge in [0, 0.05) is 30.5 Å². The number of amides is 2. The fourth-order valence-corrected chi connectivity index (χ4v) is 6.54. The van der Waals surface area contributed by atoms with Gasteiger partial charge in [0.15, 0.2) is 6.29 Å². The molecule has 0 aromatic heterocycles. The number of likely N-dealkylation sites (tertiary alicyclic amines) is 1. The Bertz CT molecular complexity index is 995. The number of halogens is 1. The number of hydrogen-bond donors (Lipinski definition) is 2. The van der Waals surface area contributed by atoms with Crippen LogP contribution in [0.1, 0.15) is 70.3 Å². The van der Waals surface area contributed by atoms with Crippen LogP contribution in [0.2, 0.25) is 5.02 Å². The van der Waals surface area contributed by atoms with E-state index in [0.717, 1.165) is 56.0 Å². The van der Waals surface area contributed by atoms with Gasteiger partial charge in [-0.1, -0.05) is 49.6 Å². The Hall–Kier alpha value is -2.32. The van der Waals surface area contributed by atoms with Gasteiger partial charge in [-0.25, -0.2) is 0 Å². The first-order valence-electron chi connectivity index (χ1n) is 14.1. The first-order chi connectivity index (χ1) is 18.0. The van der Waals surface area contributed by atoms with Crippen LogP contribution in [-0.4, -0.2) is 70.9 Å². The molecule has 9 heteroatoms. The highest BCUT2D eigenvalue weighted by Gasteiger charge is 2.50. The van der Waals surface area contributed by atoms with Crippen LogP contribution in [0.4, 0.5) is 0 Å². The molecule has 1 aliphatic carbocycles. The molecule has 0 bridgehead atoms. The van der Waals surface area contributed by atoms with E-state index in [9.17, 15) is 9.59 Å². The van der Waals surface area contributed by atoms with Gasteiger partial charge in [0.1, 0.15) is 5.84 Å². The zero-order chi connectivity index (χ0) is 25.8. The number of hydrazone groups is 1. The van der Waals surface area contributed by atoms with Gasteiger partial charge < -0.3 is 15.1 Å². The van der Waals surface area contributed by atoms with Crippen LogP contribution in [0.25, 0.3) is 0 Å². The van der Waals surface area contributed by atoms with E-state index in [1.807, 2.05) is 29.2 Å². The third-order valence-corrected chi connectivity index (χ3v) is 8.95. The molecule has 0 radical (unpaired) electrons. The average molecular weight is 529 g/mol. The summed E-state index contributed by atoms with van der Waals surface area (Å²) in [5.74, 6) is 1.93. The SMILES string of the molecule is CC1CCN(CCCNC(=O)CCC2=NNC3N(Cc4ccccc4Cl)C(=O)C4CCCCC4N23)CC1. The lowest BCUT2D eigenvalue weighted by Gasteiger charge is -2.50. The lowest BCUT2D eigenvalue weighted by molar-refractivity contribution is -0.156. The number of piperidine rings is 1. The highest BCUT2D eigenvalue weighted by molar-refractivity contribution is 6.31. The molecular weight excluding hydrogens is 488 g/mol. The first-order valence-corrected chi connectivity index (χ1v) is 14.5. The van der Waals surface area contributed by atoms with Crippen molar-refractivity contribution in [3.8, 4) is 0 Å². The van der Waals surface area contributed by atoms with Crippen LogP contribution in [-0.2, 0) is 16.1 Å². The number of nitrogens with zero attached hydrogens (tertiary/aromatic N) is 4. The van der Waals surface area contributed by atoms with Crippen molar-refractivity contribution in [1.82, 2.24) is 25.4 Å². The molecule has 3 atom stereocenters. The van der Waals surface area contributed by atoms with Crippen LogP contribution >= 0.6 is 11.6 Å². The molecule has 3 fully saturated rings. The van der Waals surface area contributed by atoms with E-state index in [2.05, 4.69) is 32.6 Å². The van der Waals surface area contributed by atoms with Crippen molar-refractivity contribution < 1.29 is 9.59 Å². The molecule has 2 amide bonds. The molecule has 1 aromatic carbocycles. The van der Waals surface area contributed by atoms with Gasteiger partial charge in [0.25, 0.3) is 0 Å².